The molecule has 0 saturated carbocycles. The van der Waals surface area contributed by atoms with Crippen LogP contribution in [0.15, 0.2) is 22.7 Å². The van der Waals surface area contributed by atoms with Crippen LogP contribution in [0, 0.1) is 25.2 Å². The van der Waals surface area contributed by atoms with E-state index in [9.17, 15) is 0 Å². The molecule has 1 aromatic carbocycles. The van der Waals surface area contributed by atoms with Gasteiger partial charge in [-0.25, -0.2) is 0 Å². The lowest BCUT2D eigenvalue weighted by Crippen LogP contribution is -2.08. The van der Waals surface area contributed by atoms with E-state index in [1.54, 1.807) is 12.1 Å². The number of nitrogen functional groups attached to an aromatic ring is 1. The van der Waals surface area contributed by atoms with E-state index in [2.05, 4.69) is 16.5 Å². The normalized spacial score (nSPS) is 11.9. The molecule has 0 radical (unpaired) electrons. The molecule has 5 heteroatoms. The third kappa shape index (κ3) is 2.52. The van der Waals surface area contributed by atoms with Gasteiger partial charge in [-0.2, -0.15) is 5.26 Å². The van der Waals surface area contributed by atoms with Gasteiger partial charge in [-0.3, -0.25) is 0 Å². The van der Waals surface area contributed by atoms with Crippen LogP contribution in [0.25, 0.3) is 0 Å². The maximum atomic E-state index is 8.97. The van der Waals surface area contributed by atoms with Crippen molar-refractivity contribution in [2.24, 2.45) is 0 Å². The number of hydrogen-bond acceptors (Lipinski definition) is 5. The van der Waals surface area contributed by atoms with E-state index in [0.29, 0.717) is 11.3 Å². The first-order valence-electron chi connectivity index (χ1n) is 6.02. The highest BCUT2D eigenvalue weighted by Crippen LogP contribution is 2.26. The first-order chi connectivity index (χ1) is 9.02. The molecule has 1 atom stereocenters. The quantitative estimate of drug-likeness (QED) is 0.824. The van der Waals surface area contributed by atoms with Crippen molar-refractivity contribution in [3.05, 3.63) is 40.8 Å². The molecule has 19 heavy (non-hydrogen) atoms. The SMILES string of the molecule is Cc1noc(C)c1C(C)Nc1ccc(N)c(C#N)c1. The summed E-state index contributed by atoms with van der Waals surface area (Å²) in [6.45, 7) is 5.82. The van der Waals surface area contributed by atoms with E-state index in [0.717, 1.165) is 22.7 Å². The van der Waals surface area contributed by atoms with Gasteiger partial charge in [0.05, 0.1) is 17.3 Å². The molecule has 0 aliphatic heterocycles. The average molecular weight is 256 g/mol. The smallest absolute Gasteiger partial charge is 0.139 e. The molecule has 2 rings (SSSR count). The fourth-order valence-corrected chi connectivity index (χ4v) is 2.17. The molecule has 1 heterocycles. The molecule has 0 saturated heterocycles. The van der Waals surface area contributed by atoms with Crippen LogP contribution in [0.1, 0.15) is 35.5 Å². The highest BCUT2D eigenvalue weighted by molar-refractivity contribution is 5.62. The molecule has 1 unspecified atom stereocenters. The number of nitrogens with two attached hydrogens (primary N) is 1. The van der Waals surface area contributed by atoms with E-state index < -0.39 is 0 Å². The molecule has 0 aliphatic rings. The number of nitrogens with one attached hydrogen (secondary N) is 1. The van der Waals surface area contributed by atoms with Gasteiger partial charge in [0, 0.05) is 16.9 Å². The molecule has 0 fully saturated rings. The van der Waals surface area contributed by atoms with Gasteiger partial charge in [0.15, 0.2) is 0 Å². The molecule has 0 aliphatic carbocycles. The van der Waals surface area contributed by atoms with Crippen LogP contribution in [0.4, 0.5) is 11.4 Å². The van der Waals surface area contributed by atoms with Crippen molar-refractivity contribution >= 4 is 11.4 Å². The molecular formula is C14H16N4O. The predicted molar refractivity (Wildman–Crippen MR) is 73.6 cm³/mol. The Bertz CT molecular complexity index is 620. The summed E-state index contributed by atoms with van der Waals surface area (Å²) >= 11 is 0. The van der Waals surface area contributed by atoms with Crippen molar-refractivity contribution < 1.29 is 4.52 Å². The zero-order valence-corrected chi connectivity index (χ0v) is 11.2. The lowest BCUT2D eigenvalue weighted by molar-refractivity contribution is 0.392. The third-order valence-electron chi connectivity index (χ3n) is 3.08. The fraction of sp³-hybridized carbons (Fsp3) is 0.286. The van der Waals surface area contributed by atoms with Crippen LogP contribution in [-0.4, -0.2) is 5.16 Å². The summed E-state index contributed by atoms with van der Waals surface area (Å²) in [6, 6.07) is 7.43. The lowest BCUT2D eigenvalue weighted by atomic mass is 10.1. The summed E-state index contributed by atoms with van der Waals surface area (Å²) in [7, 11) is 0. The Hall–Kier alpha value is -2.48. The van der Waals surface area contributed by atoms with Gasteiger partial charge in [-0.15, -0.1) is 0 Å². The summed E-state index contributed by atoms with van der Waals surface area (Å²) in [4.78, 5) is 0. The van der Waals surface area contributed by atoms with Gasteiger partial charge in [0.1, 0.15) is 11.8 Å². The van der Waals surface area contributed by atoms with Gasteiger partial charge in [0.2, 0.25) is 0 Å². The standard InChI is InChI=1S/C14H16N4O/c1-8(14-9(2)18-19-10(14)3)17-12-4-5-13(16)11(6-12)7-15/h4-6,8,17H,16H2,1-3H3. The molecular weight excluding hydrogens is 240 g/mol. The zero-order chi connectivity index (χ0) is 14.0. The number of aryl methyl sites for hydroxylation is 2. The molecule has 0 amide bonds. The van der Waals surface area contributed by atoms with Crippen molar-refractivity contribution in [2.45, 2.75) is 26.8 Å². The van der Waals surface area contributed by atoms with Gasteiger partial charge in [-0.1, -0.05) is 5.16 Å². The maximum Gasteiger partial charge on any atom is 0.139 e. The highest BCUT2D eigenvalue weighted by Gasteiger charge is 2.16. The van der Waals surface area contributed by atoms with Crippen LogP contribution in [-0.2, 0) is 0 Å². The Kier molecular flexibility index (Phi) is 3.43. The van der Waals surface area contributed by atoms with Gasteiger partial charge < -0.3 is 15.6 Å². The molecule has 3 N–H and O–H groups in total. The second-order valence-electron chi connectivity index (χ2n) is 4.52. The summed E-state index contributed by atoms with van der Waals surface area (Å²) in [5.41, 5.74) is 9.40. The molecule has 0 bridgehead atoms. The first-order valence-corrected chi connectivity index (χ1v) is 6.02. The average Bonchev–Trinajstić information content (AvgIpc) is 2.71. The minimum absolute atomic E-state index is 0.0430. The molecule has 5 nitrogen and oxygen atoms in total. The van der Waals surface area contributed by atoms with E-state index in [-0.39, 0.29) is 6.04 Å². The summed E-state index contributed by atoms with van der Waals surface area (Å²) in [5, 5.41) is 16.2. The van der Waals surface area contributed by atoms with E-state index in [1.165, 1.54) is 0 Å². The van der Waals surface area contributed by atoms with Crippen molar-refractivity contribution in [1.82, 2.24) is 5.16 Å². The van der Waals surface area contributed by atoms with E-state index >= 15 is 0 Å². The van der Waals surface area contributed by atoms with Crippen LogP contribution >= 0.6 is 0 Å². The van der Waals surface area contributed by atoms with E-state index in [4.69, 9.17) is 15.5 Å². The third-order valence-corrected chi connectivity index (χ3v) is 3.08. The second kappa shape index (κ2) is 5.02. The topological polar surface area (TPSA) is 87.9 Å². The summed E-state index contributed by atoms with van der Waals surface area (Å²) in [5.74, 6) is 0.799. The Morgan fingerprint density at radius 3 is 2.74 bits per heavy atom. The fourth-order valence-electron chi connectivity index (χ4n) is 2.17. The van der Waals surface area contributed by atoms with Crippen LogP contribution in [0.2, 0.25) is 0 Å². The monoisotopic (exact) mass is 256 g/mol. The Balaban J connectivity index is 2.25. The largest absolute Gasteiger partial charge is 0.398 e. The molecule has 0 spiro atoms. The van der Waals surface area contributed by atoms with Crippen molar-refractivity contribution in [1.29, 1.82) is 5.26 Å². The number of nitriles is 1. The number of hydrogen-bond donors (Lipinski definition) is 2. The lowest BCUT2D eigenvalue weighted by Gasteiger charge is -2.15. The number of rotatable bonds is 3. The van der Waals surface area contributed by atoms with E-state index in [1.807, 2.05) is 26.8 Å². The molecule has 2 aromatic rings. The van der Waals surface area contributed by atoms with Crippen LogP contribution in [0.3, 0.4) is 0 Å². The zero-order valence-electron chi connectivity index (χ0n) is 11.2. The van der Waals surface area contributed by atoms with Crippen molar-refractivity contribution in [3.63, 3.8) is 0 Å². The predicted octanol–water partition coefficient (Wildman–Crippen LogP) is 2.92. The summed E-state index contributed by atoms with van der Waals surface area (Å²) in [6.07, 6.45) is 0. The van der Waals surface area contributed by atoms with Crippen molar-refractivity contribution in [2.75, 3.05) is 11.1 Å². The van der Waals surface area contributed by atoms with Crippen LogP contribution < -0.4 is 11.1 Å². The Morgan fingerprint density at radius 1 is 1.42 bits per heavy atom. The maximum absolute atomic E-state index is 8.97. The minimum Gasteiger partial charge on any atom is -0.398 e. The first kappa shape index (κ1) is 13.0. The number of nitrogens with zero attached hydrogens (tertiary/aromatic N) is 2. The van der Waals surface area contributed by atoms with Gasteiger partial charge >= 0.3 is 0 Å². The number of anilines is 2. The number of aromatic nitrogens is 1. The second-order valence-corrected chi connectivity index (χ2v) is 4.52. The van der Waals surface area contributed by atoms with Gasteiger partial charge in [0.25, 0.3) is 0 Å². The summed E-state index contributed by atoms with van der Waals surface area (Å²) < 4.78 is 5.16. The highest BCUT2D eigenvalue weighted by atomic mass is 16.5. The van der Waals surface area contributed by atoms with Gasteiger partial charge in [-0.05, 0) is 39.0 Å². The Labute approximate surface area is 112 Å². The Morgan fingerprint density at radius 2 is 2.16 bits per heavy atom. The molecule has 1 aromatic heterocycles. The van der Waals surface area contributed by atoms with Crippen molar-refractivity contribution in [3.8, 4) is 6.07 Å². The minimum atomic E-state index is 0.0430. The number of benzene rings is 1. The molecule has 98 valence electrons. The van der Waals surface area contributed by atoms with Crippen LogP contribution in [0.5, 0.6) is 0 Å².